The van der Waals surface area contributed by atoms with Gasteiger partial charge in [-0.1, -0.05) is 104 Å². The monoisotopic (exact) mass is 475 g/mol. The third-order valence-corrected chi connectivity index (χ3v) is 6.15. The van der Waals surface area contributed by atoms with Crippen molar-refractivity contribution in [3.8, 4) is 0 Å². The number of nitrogens with one attached hydrogen (secondary N) is 1. The van der Waals surface area contributed by atoms with Crippen molar-refractivity contribution < 1.29 is 19.5 Å². The molecule has 2 N–H and O–H groups in total. The number of hydrogen-bond donors (Lipinski definition) is 2. The quantitative estimate of drug-likeness (QED) is 0.0701. The minimum absolute atomic E-state index is 0.00238. The van der Waals surface area contributed by atoms with Crippen LogP contribution < -0.4 is 5.32 Å². The molecule has 0 bridgehead atoms. The first-order valence-electron chi connectivity index (χ1n) is 13.3. The lowest BCUT2D eigenvalue weighted by Gasteiger charge is -2.37. The van der Waals surface area contributed by atoms with Crippen LogP contribution >= 0.6 is 0 Å². The maximum Gasteiger partial charge on any atom is 0.224 e. The SMILES string of the molecule is CCCCCCCCCCCCCCCCCC(=O)NC(CO)[N+](C)(C)CCC.O=[N+]([O-])[O-]. The van der Waals surface area contributed by atoms with Crippen molar-refractivity contribution in [2.75, 3.05) is 27.2 Å². The molecule has 0 rings (SSSR count). The molecule has 0 aliphatic carbocycles. The van der Waals surface area contributed by atoms with E-state index in [9.17, 15) is 9.90 Å². The Bertz CT molecular complexity index is 457. The van der Waals surface area contributed by atoms with Crippen LogP contribution in [0, 0.1) is 15.3 Å². The highest BCUT2D eigenvalue weighted by molar-refractivity contribution is 5.75. The van der Waals surface area contributed by atoms with Crippen LogP contribution in [0.15, 0.2) is 0 Å². The van der Waals surface area contributed by atoms with Gasteiger partial charge in [-0.25, -0.2) is 0 Å². The fourth-order valence-corrected chi connectivity index (χ4v) is 4.09. The number of unbranched alkanes of at least 4 members (excludes halogenated alkanes) is 14. The number of aliphatic hydroxyl groups excluding tert-OH is 1. The van der Waals surface area contributed by atoms with Crippen LogP contribution in [0.1, 0.15) is 123 Å². The Morgan fingerprint density at radius 2 is 1.15 bits per heavy atom. The summed E-state index contributed by atoms with van der Waals surface area (Å²) in [7, 11) is 4.14. The highest BCUT2D eigenvalue weighted by atomic mass is 16.9. The number of rotatable bonds is 21. The van der Waals surface area contributed by atoms with Gasteiger partial charge in [-0.05, 0) is 12.8 Å². The van der Waals surface area contributed by atoms with Crippen molar-refractivity contribution in [1.29, 1.82) is 0 Å². The van der Waals surface area contributed by atoms with Gasteiger partial charge in [-0.3, -0.25) is 4.79 Å². The normalized spacial score (nSPS) is 12.0. The van der Waals surface area contributed by atoms with E-state index in [1.807, 2.05) is 0 Å². The van der Waals surface area contributed by atoms with E-state index in [-0.39, 0.29) is 18.7 Å². The Kier molecular flexibility index (Phi) is 24.3. The summed E-state index contributed by atoms with van der Waals surface area (Å²) in [5.41, 5.74) is 0. The Morgan fingerprint density at radius 3 is 1.48 bits per heavy atom. The number of likely N-dealkylation sites (N-methyl/N-ethyl adjacent to an activating group) is 1. The summed E-state index contributed by atoms with van der Waals surface area (Å²) in [6.07, 6.45) is 21.5. The van der Waals surface area contributed by atoms with Gasteiger partial charge < -0.3 is 30.2 Å². The molecule has 1 amide bonds. The highest BCUT2D eigenvalue weighted by Gasteiger charge is 2.27. The van der Waals surface area contributed by atoms with Crippen molar-refractivity contribution >= 4 is 5.91 Å². The van der Waals surface area contributed by atoms with E-state index in [4.69, 9.17) is 15.3 Å². The Hall–Kier alpha value is -1.41. The van der Waals surface area contributed by atoms with E-state index in [1.54, 1.807) is 0 Å². The molecular weight excluding hydrogens is 422 g/mol. The first kappa shape index (κ1) is 33.8. The second-order valence-electron chi connectivity index (χ2n) is 9.69. The van der Waals surface area contributed by atoms with E-state index in [0.717, 1.165) is 25.8 Å². The average molecular weight is 476 g/mol. The Balaban J connectivity index is 0. The second kappa shape index (κ2) is 23.7. The lowest BCUT2D eigenvalue weighted by molar-refractivity contribution is -0.917. The van der Waals surface area contributed by atoms with Crippen LogP contribution in [-0.2, 0) is 4.79 Å². The topological polar surface area (TPSA) is 116 Å². The number of carbonyl (C=O) groups is 1. The van der Waals surface area contributed by atoms with Crippen LogP contribution in [-0.4, -0.2) is 54.0 Å². The van der Waals surface area contributed by atoms with E-state index < -0.39 is 5.09 Å². The van der Waals surface area contributed by atoms with Crippen molar-refractivity contribution in [2.45, 2.75) is 129 Å². The number of hydrogen-bond acceptors (Lipinski definition) is 5. The van der Waals surface area contributed by atoms with Crippen molar-refractivity contribution in [3.63, 3.8) is 0 Å². The first-order valence-corrected chi connectivity index (χ1v) is 13.3. The fraction of sp³-hybridized carbons (Fsp3) is 0.960. The van der Waals surface area contributed by atoms with Gasteiger partial charge in [0.1, 0.15) is 6.61 Å². The van der Waals surface area contributed by atoms with Gasteiger partial charge in [-0.15, -0.1) is 0 Å². The molecule has 1 unspecified atom stereocenters. The molecule has 0 aliphatic rings. The fourth-order valence-electron chi connectivity index (χ4n) is 4.09. The van der Waals surface area contributed by atoms with Crippen LogP contribution in [0.4, 0.5) is 0 Å². The maximum absolute atomic E-state index is 12.2. The summed E-state index contributed by atoms with van der Waals surface area (Å²) in [6.45, 7) is 5.35. The molecule has 0 radical (unpaired) electrons. The van der Waals surface area contributed by atoms with Gasteiger partial charge in [0.25, 0.3) is 0 Å². The summed E-state index contributed by atoms with van der Waals surface area (Å²) in [6, 6.07) is 0. The van der Waals surface area contributed by atoms with Gasteiger partial charge in [0, 0.05) is 6.42 Å². The molecule has 0 heterocycles. The van der Waals surface area contributed by atoms with Crippen LogP contribution in [0.3, 0.4) is 0 Å². The summed E-state index contributed by atoms with van der Waals surface area (Å²) in [5, 5.41) is 27.4. The van der Waals surface area contributed by atoms with Gasteiger partial charge in [0.05, 0.1) is 25.7 Å². The van der Waals surface area contributed by atoms with Crippen molar-refractivity contribution in [1.82, 2.24) is 5.32 Å². The Morgan fingerprint density at radius 1 is 0.788 bits per heavy atom. The van der Waals surface area contributed by atoms with E-state index in [1.165, 1.54) is 83.5 Å². The van der Waals surface area contributed by atoms with Gasteiger partial charge in [-0.2, -0.15) is 0 Å². The second-order valence-corrected chi connectivity index (χ2v) is 9.69. The van der Waals surface area contributed by atoms with E-state index in [0.29, 0.717) is 10.9 Å². The molecule has 8 nitrogen and oxygen atoms in total. The third-order valence-electron chi connectivity index (χ3n) is 6.15. The zero-order chi connectivity index (χ0) is 25.4. The van der Waals surface area contributed by atoms with Gasteiger partial charge >= 0.3 is 0 Å². The van der Waals surface area contributed by atoms with Crippen molar-refractivity contribution in [2.24, 2.45) is 0 Å². The molecule has 0 saturated carbocycles. The molecule has 8 heteroatoms. The molecular formula is C25H53N3O5. The number of quaternary nitrogens is 1. The van der Waals surface area contributed by atoms with Crippen LogP contribution in [0.25, 0.3) is 0 Å². The molecule has 0 spiro atoms. The smallest absolute Gasteiger partial charge is 0.224 e. The summed E-state index contributed by atoms with van der Waals surface area (Å²) < 4.78 is 0.637. The summed E-state index contributed by atoms with van der Waals surface area (Å²) in [4.78, 5) is 20.4. The van der Waals surface area contributed by atoms with Gasteiger partial charge in [0.2, 0.25) is 5.91 Å². The molecule has 33 heavy (non-hydrogen) atoms. The van der Waals surface area contributed by atoms with Gasteiger partial charge in [0.15, 0.2) is 6.17 Å². The molecule has 0 aliphatic heterocycles. The molecule has 0 aromatic heterocycles. The average Bonchev–Trinajstić information content (AvgIpc) is 2.74. The van der Waals surface area contributed by atoms with Crippen molar-refractivity contribution in [3.05, 3.63) is 15.3 Å². The van der Waals surface area contributed by atoms with Crippen LogP contribution in [0.2, 0.25) is 0 Å². The molecule has 0 aromatic rings. The predicted octanol–water partition coefficient (Wildman–Crippen LogP) is 5.93. The standard InChI is InChI=1S/C25H52N2O2.NO3/c1-5-7-8-9-10-11-12-13-14-15-16-17-18-19-20-21-25(29)26-24(23-28)27(3,4)22-6-2;2-1(3)4/h24,28H,5-23H2,1-4H3;/q;-1/p+1. The molecule has 0 fully saturated rings. The largest absolute Gasteiger partial charge is 0.388 e. The number of aliphatic hydroxyl groups is 1. The van der Waals surface area contributed by atoms with E-state index in [2.05, 4.69) is 33.3 Å². The minimum Gasteiger partial charge on any atom is -0.388 e. The van der Waals surface area contributed by atoms with Crippen LogP contribution in [0.5, 0.6) is 0 Å². The zero-order valence-electron chi connectivity index (χ0n) is 22.0. The zero-order valence-corrected chi connectivity index (χ0v) is 22.0. The van der Waals surface area contributed by atoms with E-state index >= 15 is 0 Å². The molecule has 198 valence electrons. The molecule has 0 aromatic carbocycles. The highest BCUT2D eigenvalue weighted by Crippen LogP contribution is 2.14. The number of nitrogens with zero attached hydrogens (tertiary/aromatic N) is 2. The predicted molar refractivity (Wildman–Crippen MR) is 136 cm³/mol. The Labute approximate surface area is 202 Å². The first-order chi connectivity index (χ1) is 15.7. The lowest BCUT2D eigenvalue weighted by Crippen LogP contribution is -2.59. The molecule has 1 atom stereocenters. The maximum atomic E-state index is 12.2. The lowest BCUT2D eigenvalue weighted by atomic mass is 10.0. The summed E-state index contributed by atoms with van der Waals surface area (Å²) in [5.74, 6) is 0.0843. The number of amides is 1. The summed E-state index contributed by atoms with van der Waals surface area (Å²) >= 11 is 0. The number of carbonyl (C=O) groups excluding carboxylic acids is 1. The minimum atomic E-state index is -1.75. The molecule has 0 saturated heterocycles. The third kappa shape index (κ3) is 25.1.